The summed E-state index contributed by atoms with van der Waals surface area (Å²) < 4.78 is 5.80. The van der Waals surface area contributed by atoms with Crippen LogP contribution in [0.3, 0.4) is 0 Å². The molecule has 2 aromatic rings. The van der Waals surface area contributed by atoms with Gasteiger partial charge in [0.2, 0.25) is 0 Å². The summed E-state index contributed by atoms with van der Waals surface area (Å²) in [5, 5.41) is 0. The second-order valence-corrected chi connectivity index (χ2v) is 6.83. The smallest absolute Gasteiger partial charge is 0.266 e. The lowest BCUT2D eigenvalue weighted by Gasteiger charge is -2.14. The largest absolute Gasteiger partial charge is 0.465 e. The summed E-state index contributed by atoms with van der Waals surface area (Å²) in [6.45, 7) is 2.54. The molecule has 1 aliphatic heterocycles. The highest BCUT2D eigenvalue weighted by molar-refractivity contribution is 8.26. The monoisotopic (exact) mass is 341 g/mol. The molecule has 0 spiro atoms. The van der Waals surface area contributed by atoms with Gasteiger partial charge in [-0.2, -0.15) is 0 Å². The number of allylic oxidation sites excluding steroid dienone is 2. The Morgan fingerprint density at radius 1 is 1.26 bits per heavy atom. The molecule has 0 atom stereocenters. The summed E-state index contributed by atoms with van der Waals surface area (Å²) in [5.41, 5.74) is 2.27. The van der Waals surface area contributed by atoms with E-state index in [0.717, 1.165) is 11.3 Å². The van der Waals surface area contributed by atoms with E-state index in [1.54, 1.807) is 23.3 Å². The molecule has 1 fully saturated rings. The molecule has 0 saturated carbocycles. The summed E-state index contributed by atoms with van der Waals surface area (Å²) in [7, 11) is 0. The van der Waals surface area contributed by atoms with Crippen LogP contribution < -0.4 is 0 Å². The Morgan fingerprint density at radius 3 is 2.74 bits per heavy atom. The van der Waals surface area contributed by atoms with Crippen LogP contribution in [0.25, 0.3) is 6.08 Å². The normalized spacial score (nSPS) is 16.9. The predicted octanol–water partition coefficient (Wildman–Crippen LogP) is 4.55. The summed E-state index contributed by atoms with van der Waals surface area (Å²) >= 11 is 6.66. The maximum Gasteiger partial charge on any atom is 0.266 e. The Kier molecular flexibility index (Phi) is 4.79. The first-order chi connectivity index (χ1) is 11.1. The zero-order chi connectivity index (χ0) is 16.2. The van der Waals surface area contributed by atoms with Gasteiger partial charge in [0.1, 0.15) is 10.1 Å². The van der Waals surface area contributed by atoms with Gasteiger partial charge in [-0.25, -0.2) is 0 Å². The van der Waals surface area contributed by atoms with Crippen LogP contribution in [-0.4, -0.2) is 15.1 Å². The van der Waals surface area contributed by atoms with E-state index in [-0.39, 0.29) is 5.91 Å². The van der Waals surface area contributed by atoms with Crippen LogP contribution in [0, 0.1) is 6.92 Å². The van der Waals surface area contributed by atoms with Crippen molar-refractivity contribution in [3.05, 3.63) is 76.6 Å². The van der Waals surface area contributed by atoms with Gasteiger partial charge in [0.15, 0.2) is 0 Å². The zero-order valence-corrected chi connectivity index (χ0v) is 14.2. The van der Waals surface area contributed by atoms with Crippen molar-refractivity contribution in [2.45, 2.75) is 13.5 Å². The van der Waals surface area contributed by atoms with Gasteiger partial charge >= 0.3 is 0 Å². The number of amides is 1. The molecule has 1 aliphatic rings. The molecule has 1 aromatic heterocycles. The van der Waals surface area contributed by atoms with Crippen LogP contribution in [0.4, 0.5) is 0 Å². The second-order valence-electron chi connectivity index (χ2n) is 5.15. The molecule has 116 valence electrons. The second kappa shape index (κ2) is 6.98. The van der Waals surface area contributed by atoms with Crippen molar-refractivity contribution in [1.82, 2.24) is 4.90 Å². The van der Waals surface area contributed by atoms with Gasteiger partial charge in [0, 0.05) is 0 Å². The van der Waals surface area contributed by atoms with E-state index in [0.29, 0.717) is 15.8 Å². The minimum atomic E-state index is -0.0512. The highest BCUT2D eigenvalue weighted by atomic mass is 32.2. The lowest BCUT2D eigenvalue weighted by atomic mass is 10.1. The molecule has 3 nitrogen and oxygen atoms in total. The first kappa shape index (κ1) is 15.8. The molecule has 3 rings (SSSR count). The first-order valence-corrected chi connectivity index (χ1v) is 8.37. The molecule has 1 aromatic carbocycles. The minimum absolute atomic E-state index is 0.0512. The van der Waals surface area contributed by atoms with E-state index in [2.05, 4.69) is 0 Å². The number of nitrogens with zero attached hydrogens (tertiary/aromatic N) is 1. The van der Waals surface area contributed by atoms with E-state index in [9.17, 15) is 4.79 Å². The van der Waals surface area contributed by atoms with Gasteiger partial charge in [0.25, 0.3) is 5.91 Å². The van der Waals surface area contributed by atoms with Crippen molar-refractivity contribution in [2.75, 3.05) is 0 Å². The lowest BCUT2D eigenvalue weighted by Crippen LogP contribution is -2.27. The summed E-state index contributed by atoms with van der Waals surface area (Å²) in [6.07, 6.45) is 7.00. The number of furan rings is 1. The average molecular weight is 341 g/mol. The molecular formula is C18H15NO2S2. The van der Waals surface area contributed by atoms with Crippen molar-refractivity contribution in [3.8, 4) is 0 Å². The summed E-state index contributed by atoms with van der Waals surface area (Å²) in [5.74, 6) is 0.695. The Bertz CT molecular complexity index is 774. The maximum atomic E-state index is 12.5. The van der Waals surface area contributed by atoms with Crippen LogP contribution in [0.1, 0.15) is 16.9 Å². The number of hydrogen-bond donors (Lipinski definition) is 0. The molecule has 0 aliphatic carbocycles. The number of carbonyl (C=O) groups excluding carboxylic acids is 1. The van der Waals surface area contributed by atoms with E-state index >= 15 is 0 Å². The lowest BCUT2D eigenvalue weighted by molar-refractivity contribution is -0.122. The maximum absolute atomic E-state index is 12.5. The molecule has 0 bridgehead atoms. The van der Waals surface area contributed by atoms with Crippen LogP contribution in [0.2, 0.25) is 0 Å². The van der Waals surface area contributed by atoms with Gasteiger partial charge in [-0.1, -0.05) is 59.9 Å². The fourth-order valence-corrected chi connectivity index (χ4v) is 3.35. The molecular weight excluding hydrogens is 326 g/mol. The molecule has 5 heteroatoms. The SMILES string of the molecule is Cc1ccc(CN2C(=O)/C(=C/C=C/c3ccco3)SC2=S)cc1. The fourth-order valence-electron chi connectivity index (χ4n) is 2.14. The number of hydrogen-bond acceptors (Lipinski definition) is 4. The quantitative estimate of drug-likeness (QED) is 0.604. The molecule has 0 radical (unpaired) electrons. The number of thiocarbonyl (C=S) groups is 1. The van der Waals surface area contributed by atoms with Crippen molar-refractivity contribution < 1.29 is 9.21 Å². The number of aryl methyl sites for hydroxylation is 1. The van der Waals surface area contributed by atoms with Crippen molar-refractivity contribution in [3.63, 3.8) is 0 Å². The van der Waals surface area contributed by atoms with Gasteiger partial charge in [-0.3, -0.25) is 9.69 Å². The number of rotatable bonds is 4. The van der Waals surface area contributed by atoms with Crippen molar-refractivity contribution >= 4 is 40.3 Å². The van der Waals surface area contributed by atoms with Crippen molar-refractivity contribution in [2.24, 2.45) is 0 Å². The van der Waals surface area contributed by atoms with Crippen LogP contribution in [-0.2, 0) is 11.3 Å². The molecule has 2 heterocycles. The molecule has 1 amide bonds. The van der Waals surface area contributed by atoms with Gasteiger partial charge in [-0.05, 0) is 36.8 Å². The highest BCUT2D eigenvalue weighted by Crippen LogP contribution is 2.32. The Hall–Kier alpha value is -2.11. The first-order valence-electron chi connectivity index (χ1n) is 7.14. The van der Waals surface area contributed by atoms with E-state index in [4.69, 9.17) is 16.6 Å². The highest BCUT2D eigenvalue weighted by Gasteiger charge is 2.31. The summed E-state index contributed by atoms with van der Waals surface area (Å²) in [4.78, 5) is 14.7. The van der Waals surface area contributed by atoms with Crippen LogP contribution >= 0.6 is 24.0 Å². The number of thioether (sulfide) groups is 1. The molecule has 1 saturated heterocycles. The fraction of sp³-hybridized carbons (Fsp3) is 0.111. The average Bonchev–Trinajstić information content (AvgIpc) is 3.14. The molecule has 0 unspecified atom stereocenters. The van der Waals surface area contributed by atoms with Crippen molar-refractivity contribution in [1.29, 1.82) is 0 Å². The standard InChI is InChI=1S/C18H15NO2S2/c1-13-7-9-14(10-8-13)12-19-17(20)16(23-18(19)22)6-2-4-15-5-3-11-21-15/h2-11H,12H2,1H3/b4-2+,16-6-. The Morgan fingerprint density at radius 2 is 2.04 bits per heavy atom. The Balaban J connectivity index is 1.70. The van der Waals surface area contributed by atoms with E-state index < -0.39 is 0 Å². The van der Waals surface area contributed by atoms with Gasteiger partial charge < -0.3 is 4.42 Å². The third-order valence-corrected chi connectivity index (χ3v) is 4.78. The van der Waals surface area contributed by atoms with Gasteiger partial charge in [-0.15, -0.1) is 0 Å². The number of carbonyl (C=O) groups is 1. The van der Waals surface area contributed by atoms with Crippen LogP contribution in [0.5, 0.6) is 0 Å². The third kappa shape index (κ3) is 3.81. The Labute approximate surface area is 144 Å². The number of benzene rings is 1. The molecule has 0 N–H and O–H groups in total. The zero-order valence-electron chi connectivity index (χ0n) is 12.6. The van der Waals surface area contributed by atoms with E-state index in [1.807, 2.05) is 49.4 Å². The third-order valence-electron chi connectivity index (χ3n) is 3.39. The van der Waals surface area contributed by atoms with E-state index in [1.165, 1.54) is 17.3 Å². The molecule has 23 heavy (non-hydrogen) atoms. The van der Waals surface area contributed by atoms with Gasteiger partial charge in [0.05, 0.1) is 17.7 Å². The minimum Gasteiger partial charge on any atom is -0.465 e. The topological polar surface area (TPSA) is 33.5 Å². The van der Waals surface area contributed by atoms with Crippen LogP contribution in [0.15, 0.2) is 64.1 Å². The summed E-state index contributed by atoms with van der Waals surface area (Å²) in [6, 6.07) is 11.8. The predicted molar refractivity (Wildman–Crippen MR) is 97.7 cm³/mol.